The van der Waals surface area contributed by atoms with Gasteiger partial charge in [-0.05, 0) is 35.6 Å². The third kappa shape index (κ3) is 3.19. The maximum Gasteiger partial charge on any atom is 0.0638 e. The second-order valence-corrected chi connectivity index (χ2v) is 6.33. The zero-order valence-corrected chi connectivity index (χ0v) is 12.6. The highest BCUT2D eigenvalue weighted by Gasteiger charge is 2.17. The second kappa shape index (κ2) is 5.96. The van der Waals surface area contributed by atoms with Gasteiger partial charge in [0, 0.05) is 9.90 Å². The van der Waals surface area contributed by atoms with Crippen molar-refractivity contribution in [2.75, 3.05) is 5.32 Å². The molecule has 2 rings (SSSR count). The molecule has 1 N–H and O–H groups in total. The van der Waals surface area contributed by atoms with Crippen LogP contribution in [-0.2, 0) is 0 Å². The lowest BCUT2D eigenvalue weighted by molar-refractivity contribution is 0.554. The van der Waals surface area contributed by atoms with Crippen LogP contribution in [0.3, 0.4) is 0 Å². The van der Waals surface area contributed by atoms with Gasteiger partial charge in [0.05, 0.1) is 16.8 Å². The van der Waals surface area contributed by atoms with Crippen LogP contribution in [0.5, 0.6) is 0 Å². The number of nitrogens with one attached hydrogen (secondary N) is 1. The summed E-state index contributed by atoms with van der Waals surface area (Å²) in [5.41, 5.74) is 0.885. The van der Waals surface area contributed by atoms with Gasteiger partial charge in [0.25, 0.3) is 0 Å². The van der Waals surface area contributed by atoms with E-state index < -0.39 is 0 Å². The molecule has 0 aliphatic heterocycles. The molecular weight excluding hydrogens is 285 g/mol. The molecule has 1 heterocycles. The van der Waals surface area contributed by atoms with Gasteiger partial charge in [-0.25, -0.2) is 0 Å². The summed E-state index contributed by atoms with van der Waals surface area (Å²) < 4.78 is 0. The van der Waals surface area contributed by atoms with Crippen molar-refractivity contribution in [3.63, 3.8) is 0 Å². The fourth-order valence-corrected chi connectivity index (χ4v) is 3.10. The van der Waals surface area contributed by atoms with E-state index in [0.717, 1.165) is 5.69 Å². The van der Waals surface area contributed by atoms with E-state index in [1.165, 1.54) is 4.88 Å². The maximum absolute atomic E-state index is 6.19. The van der Waals surface area contributed by atoms with E-state index in [4.69, 9.17) is 23.2 Å². The fourth-order valence-electron chi connectivity index (χ4n) is 1.81. The lowest BCUT2D eigenvalue weighted by Crippen LogP contribution is -2.15. The van der Waals surface area contributed by atoms with Crippen LogP contribution >= 0.6 is 34.5 Å². The van der Waals surface area contributed by atoms with E-state index >= 15 is 0 Å². The minimum Gasteiger partial charge on any atom is -0.376 e. The van der Waals surface area contributed by atoms with Crippen molar-refractivity contribution in [3.8, 4) is 0 Å². The van der Waals surface area contributed by atoms with Crippen LogP contribution in [0.15, 0.2) is 35.7 Å². The van der Waals surface area contributed by atoms with Gasteiger partial charge in [-0.1, -0.05) is 43.1 Å². The predicted octanol–water partition coefficient (Wildman–Crippen LogP) is 5.86. The summed E-state index contributed by atoms with van der Waals surface area (Å²) in [6.45, 7) is 4.38. The summed E-state index contributed by atoms with van der Waals surface area (Å²) in [4.78, 5) is 1.31. The zero-order valence-electron chi connectivity index (χ0n) is 10.3. The summed E-state index contributed by atoms with van der Waals surface area (Å²) in [7, 11) is 0. The van der Waals surface area contributed by atoms with Crippen molar-refractivity contribution >= 4 is 40.2 Å². The molecule has 0 aliphatic rings. The molecule has 0 saturated carbocycles. The Morgan fingerprint density at radius 2 is 1.94 bits per heavy atom. The molecule has 1 atom stereocenters. The van der Waals surface area contributed by atoms with Crippen molar-refractivity contribution in [2.24, 2.45) is 5.92 Å². The van der Waals surface area contributed by atoms with Crippen LogP contribution in [0.1, 0.15) is 24.8 Å². The average Bonchev–Trinajstić information content (AvgIpc) is 2.83. The topological polar surface area (TPSA) is 12.0 Å². The van der Waals surface area contributed by atoms with Gasteiger partial charge in [-0.3, -0.25) is 0 Å². The van der Waals surface area contributed by atoms with Gasteiger partial charge in [-0.15, -0.1) is 11.3 Å². The molecule has 1 aromatic carbocycles. The molecule has 0 spiro atoms. The number of benzene rings is 1. The van der Waals surface area contributed by atoms with Crippen molar-refractivity contribution in [1.29, 1.82) is 0 Å². The summed E-state index contributed by atoms with van der Waals surface area (Å²) in [6, 6.07) is 9.94. The van der Waals surface area contributed by atoms with Gasteiger partial charge < -0.3 is 5.32 Å². The van der Waals surface area contributed by atoms with Gasteiger partial charge >= 0.3 is 0 Å². The van der Waals surface area contributed by atoms with Crippen LogP contribution in [0, 0.1) is 5.92 Å². The van der Waals surface area contributed by atoms with Crippen molar-refractivity contribution in [3.05, 3.63) is 50.6 Å². The second-order valence-electron chi connectivity index (χ2n) is 4.51. The molecule has 0 aliphatic carbocycles. The molecule has 1 unspecified atom stereocenters. The summed E-state index contributed by atoms with van der Waals surface area (Å²) >= 11 is 13.9. The molecule has 18 heavy (non-hydrogen) atoms. The number of anilines is 1. The monoisotopic (exact) mass is 299 g/mol. The highest BCUT2D eigenvalue weighted by atomic mass is 35.5. The van der Waals surface area contributed by atoms with Crippen molar-refractivity contribution in [1.82, 2.24) is 0 Å². The minimum absolute atomic E-state index is 0.251. The molecular formula is C14H15Cl2NS. The number of hydrogen-bond donors (Lipinski definition) is 1. The normalized spacial score (nSPS) is 12.7. The summed E-state index contributed by atoms with van der Waals surface area (Å²) in [6.07, 6.45) is 0. The quantitative estimate of drug-likeness (QED) is 0.745. The van der Waals surface area contributed by atoms with Crippen molar-refractivity contribution in [2.45, 2.75) is 19.9 Å². The Kier molecular flexibility index (Phi) is 4.55. The number of halogens is 2. The van der Waals surface area contributed by atoms with E-state index in [-0.39, 0.29) is 6.04 Å². The molecule has 0 amide bonds. The van der Waals surface area contributed by atoms with E-state index in [0.29, 0.717) is 16.0 Å². The summed E-state index contributed by atoms with van der Waals surface area (Å²) in [5, 5.41) is 6.96. The third-order valence-electron chi connectivity index (χ3n) is 2.76. The summed E-state index contributed by atoms with van der Waals surface area (Å²) in [5.74, 6) is 0.471. The fraction of sp³-hybridized carbons (Fsp3) is 0.286. The van der Waals surface area contributed by atoms with E-state index in [2.05, 4.69) is 36.7 Å². The number of rotatable bonds is 4. The Bertz CT molecular complexity index is 509. The standard InChI is InChI=1S/C14H15Cl2NS/c1-9(2)14(13-4-3-7-18-13)17-12-8-10(15)5-6-11(12)16/h3-9,14,17H,1-2H3. The van der Waals surface area contributed by atoms with Gasteiger partial charge in [-0.2, -0.15) is 0 Å². The first-order valence-electron chi connectivity index (χ1n) is 5.83. The largest absolute Gasteiger partial charge is 0.376 e. The maximum atomic E-state index is 6.19. The molecule has 96 valence electrons. The average molecular weight is 300 g/mol. The molecule has 4 heteroatoms. The minimum atomic E-state index is 0.251. The Morgan fingerprint density at radius 1 is 1.17 bits per heavy atom. The Balaban J connectivity index is 2.27. The first kappa shape index (κ1) is 13.7. The Morgan fingerprint density at radius 3 is 2.56 bits per heavy atom. The van der Waals surface area contributed by atoms with E-state index in [1.807, 2.05) is 12.1 Å². The predicted molar refractivity (Wildman–Crippen MR) is 82.0 cm³/mol. The van der Waals surface area contributed by atoms with Crippen LogP contribution in [0.2, 0.25) is 10.0 Å². The van der Waals surface area contributed by atoms with E-state index in [1.54, 1.807) is 17.4 Å². The lowest BCUT2D eigenvalue weighted by atomic mass is 10.0. The van der Waals surface area contributed by atoms with Crippen LogP contribution < -0.4 is 5.32 Å². The number of hydrogen-bond acceptors (Lipinski definition) is 2. The molecule has 1 aromatic heterocycles. The Labute approximate surface area is 122 Å². The highest BCUT2D eigenvalue weighted by molar-refractivity contribution is 7.10. The molecule has 0 radical (unpaired) electrons. The SMILES string of the molecule is CC(C)C(Nc1cc(Cl)ccc1Cl)c1cccs1. The number of thiophene rings is 1. The van der Waals surface area contributed by atoms with Crippen LogP contribution in [0.4, 0.5) is 5.69 Å². The molecule has 0 saturated heterocycles. The first-order valence-corrected chi connectivity index (χ1v) is 7.46. The Hall–Kier alpha value is -0.700. The van der Waals surface area contributed by atoms with Crippen LogP contribution in [0.25, 0.3) is 0 Å². The van der Waals surface area contributed by atoms with Gasteiger partial charge in [0.1, 0.15) is 0 Å². The molecule has 0 fully saturated rings. The smallest absolute Gasteiger partial charge is 0.0638 e. The first-order chi connectivity index (χ1) is 8.58. The third-order valence-corrected chi connectivity index (χ3v) is 4.28. The van der Waals surface area contributed by atoms with Crippen LogP contribution in [-0.4, -0.2) is 0 Å². The zero-order chi connectivity index (χ0) is 13.1. The van der Waals surface area contributed by atoms with Gasteiger partial charge in [0.2, 0.25) is 0 Å². The van der Waals surface area contributed by atoms with E-state index in [9.17, 15) is 0 Å². The lowest BCUT2D eigenvalue weighted by Gasteiger charge is -2.23. The van der Waals surface area contributed by atoms with Gasteiger partial charge in [0.15, 0.2) is 0 Å². The highest BCUT2D eigenvalue weighted by Crippen LogP contribution is 2.33. The molecule has 2 aromatic rings. The molecule has 0 bridgehead atoms. The van der Waals surface area contributed by atoms with Crippen molar-refractivity contribution < 1.29 is 0 Å². The molecule has 1 nitrogen and oxygen atoms in total.